The van der Waals surface area contributed by atoms with Crippen LogP contribution in [0.3, 0.4) is 0 Å². The Hall–Kier alpha value is -1.11. The topological polar surface area (TPSA) is 84.2 Å². The van der Waals surface area contributed by atoms with E-state index in [1.165, 1.54) is 6.42 Å². The molecule has 0 aromatic heterocycles. The Morgan fingerprint density at radius 3 is 2.68 bits per heavy atom. The number of anilines is 1. The summed E-state index contributed by atoms with van der Waals surface area (Å²) in [5.41, 5.74) is 2.84. The molecule has 0 heterocycles. The zero-order valence-electron chi connectivity index (χ0n) is 11.1. The summed E-state index contributed by atoms with van der Waals surface area (Å²) in [7, 11) is -3.52. The number of nitrogens with one attached hydrogen (secondary N) is 2. The van der Waals surface area contributed by atoms with Crippen LogP contribution < -0.4 is 16.0 Å². The van der Waals surface area contributed by atoms with Crippen LogP contribution in [-0.4, -0.2) is 14.5 Å². The van der Waals surface area contributed by atoms with Crippen molar-refractivity contribution in [1.82, 2.24) is 4.72 Å². The molecule has 1 fully saturated rings. The molecular weight excluding hydrogens is 262 g/mol. The van der Waals surface area contributed by atoms with E-state index in [0.29, 0.717) is 11.6 Å². The molecule has 5 nitrogen and oxygen atoms in total. The lowest BCUT2D eigenvalue weighted by Gasteiger charge is -2.27. The summed E-state index contributed by atoms with van der Waals surface area (Å²) in [4.78, 5) is 0.204. The molecule has 2 rings (SSSR count). The van der Waals surface area contributed by atoms with Gasteiger partial charge in [-0.25, -0.2) is 13.1 Å². The van der Waals surface area contributed by atoms with Crippen molar-refractivity contribution in [1.29, 1.82) is 0 Å². The smallest absolute Gasteiger partial charge is 0.242 e. The van der Waals surface area contributed by atoms with Crippen LogP contribution in [0.4, 0.5) is 5.69 Å². The minimum Gasteiger partial charge on any atom is -0.323 e. The van der Waals surface area contributed by atoms with E-state index < -0.39 is 10.0 Å². The quantitative estimate of drug-likeness (QED) is 0.581. The van der Waals surface area contributed by atoms with Crippen molar-refractivity contribution in [2.24, 2.45) is 11.8 Å². The molecule has 0 spiro atoms. The van der Waals surface area contributed by atoms with Gasteiger partial charge in [-0.15, -0.1) is 0 Å². The fourth-order valence-corrected chi connectivity index (χ4v) is 4.10. The summed E-state index contributed by atoms with van der Waals surface area (Å²) in [6, 6.07) is 6.68. The van der Waals surface area contributed by atoms with E-state index in [2.05, 4.69) is 17.1 Å². The van der Waals surface area contributed by atoms with Crippen LogP contribution >= 0.6 is 0 Å². The summed E-state index contributed by atoms with van der Waals surface area (Å²) in [6.07, 6.45) is 4.06. The second-order valence-electron chi connectivity index (χ2n) is 5.23. The zero-order valence-corrected chi connectivity index (χ0v) is 11.9. The molecule has 1 aliphatic rings. The van der Waals surface area contributed by atoms with Gasteiger partial charge < -0.3 is 5.43 Å². The molecule has 0 bridgehead atoms. The molecule has 106 valence electrons. The van der Waals surface area contributed by atoms with Gasteiger partial charge in [0, 0.05) is 6.04 Å². The molecule has 2 unspecified atom stereocenters. The predicted molar refractivity (Wildman–Crippen MR) is 76.0 cm³/mol. The van der Waals surface area contributed by atoms with Gasteiger partial charge in [-0.05, 0) is 30.9 Å². The Kier molecular flexibility index (Phi) is 4.44. The van der Waals surface area contributed by atoms with Gasteiger partial charge in [-0.1, -0.05) is 31.9 Å². The molecule has 0 amide bonds. The maximum atomic E-state index is 12.4. The van der Waals surface area contributed by atoms with E-state index in [1.807, 2.05) is 0 Å². The Bertz CT molecular complexity index is 530. The highest BCUT2D eigenvalue weighted by molar-refractivity contribution is 7.89. The van der Waals surface area contributed by atoms with Crippen LogP contribution in [0.2, 0.25) is 0 Å². The number of hydrogen-bond donors (Lipinski definition) is 3. The number of benzene rings is 1. The predicted octanol–water partition coefficient (Wildman–Crippen LogP) is 1.83. The molecule has 1 aliphatic carbocycles. The van der Waals surface area contributed by atoms with Gasteiger partial charge in [-0.2, -0.15) is 0 Å². The first kappa shape index (κ1) is 14.3. The van der Waals surface area contributed by atoms with Crippen LogP contribution in [-0.2, 0) is 10.0 Å². The first-order valence-corrected chi connectivity index (χ1v) is 8.09. The summed E-state index contributed by atoms with van der Waals surface area (Å²) < 4.78 is 27.6. The van der Waals surface area contributed by atoms with Crippen molar-refractivity contribution in [3.05, 3.63) is 24.3 Å². The van der Waals surface area contributed by atoms with E-state index >= 15 is 0 Å². The highest BCUT2D eigenvalue weighted by atomic mass is 32.2. The standard InChI is InChI=1S/C13H21N3O2S/c1-10-5-4-6-11(9-10)16-19(17,18)13-8-3-2-7-12(13)15-14/h2-3,7-8,10-11,15-16H,4-6,9,14H2,1H3. The summed E-state index contributed by atoms with van der Waals surface area (Å²) >= 11 is 0. The molecule has 0 radical (unpaired) electrons. The molecule has 1 saturated carbocycles. The molecule has 1 aromatic rings. The van der Waals surface area contributed by atoms with E-state index in [4.69, 9.17) is 5.84 Å². The van der Waals surface area contributed by atoms with E-state index in [1.54, 1.807) is 24.3 Å². The first-order chi connectivity index (χ1) is 9.03. The highest BCUT2D eigenvalue weighted by Gasteiger charge is 2.25. The van der Waals surface area contributed by atoms with Crippen LogP contribution in [0.25, 0.3) is 0 Å². The number of nitrogens with two attached hydrogens (primary N) is 1. The number of para-hydroxylation sites is 1. The number of nitrogen functional groups attached to an aromatic ring is 1. The molecule has 19 heavy (non-hydrogen) atoms. The van der Waals surface area contributed by atoms with Crippen LogP contribution in [0.15, 0.2) is 29.2 Å². The second kappa shape index (κ2) is 5.90. The van der Waals surface area contributed by atoms with Gasteiger partial charge in [0.2, 0.25) is 10.0 Å². The third-order valence-corrected chi connectivity index (χ3v) is 5.17. The fourth-order valence-electron chi connectivity index (χ4n) is 2.64. The zero-order chi connectivity index (χ0) is 13.9. The summed E-state index contributed by atoms with van der Waals surface area (Å²) in [6.45, 7) is 2.16. The SMILES string of the molecule is CC1CCCC(NS(=O)(=O)c2ccccc2NN)C1. The second-order valence-corrected chi connectivity index (χ2v) is 6.91. The van der Waals surface area contributed by atoms with Crippen molar-refractivity contribution in [3.8, 4) is 0 Å². The van der Waals surface area contributed by atoms with E-state index in [9.17, 15) is 8.42 Å². The van der Waals surface area contributed by atoms with Crippen molar-refractivity contribution in [3.63, 3.8) is 0 Å². The number of hydrogen-bond acceptors (Lipinski definition) is 4. The summed E-state index contributed by atoms with van der Waals surface area (Å²) in [5.74, 6) is 5.93. The van der Waals surface area contributed by atoms with Gasteiger partial charge >= 0.3 is 0 Å². The van der Waals surface area contributed by atoms with Gasteiger partial charge in [0.1, 0.15) is 4.90 Å². The van der Waals surface area contributed by atoms with Crippen LogP contribution in [0, 0.1) is 5.92 Å². The molecular formula is C13H21N3O2S. The van der Waals surface area contributed by atoms with E-state index in [0.717, 1.165) is 19.3 Å². The Morgan fingerprint density at radius 1 is 1.26 bits per heavy atom. The van der Waals surface area contributed by atoms with Crippen LogP contribution in [0.1, 0.15) is 32.6 Å². The third kappa shape index (κ3) is 3.46. The number of rotatable bonds is 4. The molecule has 2 atom stereocenters. The Balaban J connectivity index is 2.18. The third-order valence-electron chi connectivity index (χ3n) is 3.59. The normalized spacial score (nSPS) is 24.1. The first-order valence-electron chi connectivity index (χ1n) is 6.61. The average Bonchev–Trinajstić information content (AvgIpc) is 2.38. The highest BCUT2D eigenvalue weighted by Crippen LogP contribution is 2.26. The maximum absolute atomic E-state index is 12.4. The largest absolute Gasteiger partial charge is 0.323 e. The van der Waals surface area contributed by atoms with Gasteiger partial charge in [0.25, 0.3) is 0 Å². The van der Waals surface area contributed by atoms with Gasteiger partial charge in [0.15, 0.2) is 0 Å². The minimum absolute atomic E-state index is 0.0274. The van der Waals surface area contributed by atoms with Gasteiger partial charge in [0.05, 0.1) is 5.69 Å². The number of hydrazine groups is 1. The Labute approximate surface area is 114 Å². The lowest BCUT2D eigenvalue weighted by Crippen LogP contribution is -2.38. The van der Waals surface area contributed by atoms with Crippen molar-refractivity contribution >= 4 is 15.7 Å². The molecule has 4 N–H and O–H groups in total. The summed E-state index contributed by atoms with van der Waals surface area (Å²) in [5, 5.41) is 0. The molecule has 0 aliphatic heterocycles. The minimum atomic E-state index is -3.52. The lowest BCUT2D eigenvalue weighted by atomic mass is 9.88. The molecule has 1 aromatic carbocycles. The van der Waals surface area contributed by atoms with Crippen molar-refractivity contribution in [2.75, 3.05) is 5.43 Å². The fraction of sp³-hybridized carbons (Fsp3) is 0.538. The monoisotopic (exact) mass is 283 g/mol. The Morgan fingerprint density at radius 2 is 2.00 bits per heavy atom. The molecule has 0 saturated heterocycles. The van der Waals surface area contributed by atoms with Gasteiger partial charge in [-0.3, -0.25) is 5.84 Å². The maximum Gasteiger partial charge on any atom is 0.242 e. The number of sulfonamides is 1. The van der Waals surface area contributed by atoms with E-state index in [-0.39, 0.29) is 10.9 Å². The van der Waals surface area contributed by atoms with Crippen LogP contribution in [0.5, 0.6) is 0 Å². The van der Waals surface area contributed by atoms with Crippen molar-refractivity contribution in [2.45, 2.75) is 43.5 Å². The van der Waals surface area contributed by atoms with Crippen molar-refractivity contribution < 1.29 is 8.42 Å². The lowest BCUT2D eigenvalue weighted by molar-refractivity contribution is 0.327. The molecule has 6 heteroatoms. The average molecular weight is 283 g/mol.